The van der Waals surface area contributed by atoms with Crippen LogP contribution in [0.1, 0.15) is 25.3 Å². The molecule has 158 valence electrons. The van der Waals surface area contributed by atoms with Gasteiger partial charge in [0.2, 0.25) is 5.91 Å². The van der Waals surface area contributed by atoms with Crippen LogP contribution in [0.4, 0.5) is 9.18 Å². The number of likely N-dealkylation sites (tertiary alicyclic amines) is 1. The number of halogens is 2. The van der Waals surface area contributed by atoms with Gasteiger partial charge < -0.3 is 15.5 Å². The third-order valence-corrected chi connectivity index (χ3v) is 6.36. The number of amides is 4. The first-order valence-corrected chi connectivity index (χ1v) is 9.77. The van der Waals surface area contributed by atoms with Crippen molar-refractivity contribution in [1.82, 2.24) is 20.4 Å². The third-order valence-electron chi connectivity index (χ3n) is 6.36. The summed E-state index contributed by atoms with van der Waals surface area (Å²) < 4.78 is 13.2. The number of hydrogen-bond donors (Lipinski definition) is 2. The van der Waals surface area contributed by atoms with Crippen molar-refractivity contribution in [2.75, 3.05) is 32.7 Å². The number of urea groups is 1. The number of nitrogens with one attached hydrogen (secondary N) is 2. The Hall–Kier alpha value is -2.19. The zero-order chi connectivity index (χ0) is 19.9. The van der Waals surface area contributed by atoms with Crippen molar-refractivity contribution in [3.05, 3.63) is 35.6 Å². The van der Waals surface area contributed by atoms with Crippen LogP contribution in [0.2, 0.25) is 0 Å². The Bertz CT molecular complexity index is 791. The fourth-order valence-corrected chi connectivity index (χ4v) is 4.52. The topological polar surface area (TPSA) is 81.8 Å². The normalized spacial score (nSPS) is 29.2. The number of imide groups is 1. The highest BCUT2D eigenvalue weighted by Gasteiger charge is 2.49. The van der Waals surface area contributed by atoms with Gasteiger partial charge in [-0.25, -0.2) is 9.18 Å². The van der Waals surface area contributed by atoms with Crippen LogP contribution in [-0.4, -0.2) is 60.4 Å². The molecule has 3 saturated heterocycles. The molecule has 3 aliphatic heterocycles. The standard InChI is InChI=1S/C20H25FN4O3.ClH/c1-20(15-2-4-16(21)5-3-15)18(27)25(19(28)23-20)12-17(26)24-8-6-13-10-22-11-14(13)7-9-24;/h2-5,13-14,22H,6-12H2,1H3,(H,23,28);1H/t13-,14+,20?;. The van der Waals surface area contributed by atoms with E-state index < -0.39 is 23.3 Å². The zero-order valence-corrected chi connectivity index (χ0v) is 17.1. The molecule has 3 heterocycles. The SMILES string of the molecule is CC1(c2ccc(F)cc2)NC(=O)N(CC(=O)N2CC[C@@H]3CNC[C@@H]3CC2)C1=O.Cl. The Balaban J connectivity index is 0.00000240. The molecule has 0 aliphatic carbocycles. The second-order valence-corrected chi connectivity index (χ2v) is 8.09. The molecule has 2 N–H and O–H groups in total. The molecule has 3 aliphatic rings. The van der Waals surface area contributed by atoms with Crippen molar-refractivity contribution in [3.8, 4) is 0 Å². The molecule has 4 amide bonds. The summed E-state index contributed by atoms with van der Waals surface area (Å²) in [7, 11) is 0. The van der Waals surface area contributed by atoms with Gasteiger partial charge in [-0.2, -0.15) is 0 Å². The van der Waals surface area contributed by atoms with E-state index in [0.29, 0.717) is 30.5 Å². The van der Waals surface area contributed by atoms with Crippen LogP contribution in [0.25, 0.3) is 0 Å². The first-order valence-electron chi connectivity index (χ1n) is 9.77. The van der Waals surface area contributed by atoms with Crippen LogP contribution in [0.15, 0.2) is 24.3 Å². The third kappa shape index (κ3) is 3.96. The predicted molar refractivity (Wildman–Crippen MR) is 107 cm³/mol. The fraction of sp³-hybridized carbons (Fsp3) is 0.550. The van der Waals surface area contributed by atoms with Crippen LogP contribution in [0.3, 0.4) is 0 Å². The van der Waals surface area contributed by atoms with Crippen molar-refractivity contribution in [2.24, 2.45) is 11.8 Å². The monoisotopic (exact) mass is 424 g/mol. The molecule has 0 radical (unpaired) electrons. The van der Waals surface area contributed by atoms with Gasteiger partial charge >= 0.3 is 6.03 Å². The summed E-state index contributed by atoms with van der Waals surface area (Å²) >= 11 is 0. The fourth-order valence-electron chi connectivity index (χ4n) is 4.52. The van der Waals surface area contributed by atoms with Gasteiger partial charge in [-0.1, -0.05) is 12.1 Å². The van der Waals surface area contributed by atoms with Gasteiger partial charge in [-0.15, -0.1) is 12.4 Å². The largest absolute Gasteiger partial charge is 0.341 e. The molecule has 29 heavy (non-hydrogen) atoms. The second kappa shape index (κ2) is 8.28. The Morgan fingerprint density at radius 1 is 1.14 bits per heavy atom. The van der Waals surface area contributed by atoms with Gasteiger partial charge in [0, 0.05) is 13.1 Å². The number of nitrogens with zero attached hydrogens (tertiary/aromatic N) is 2. The summed E-state index contributed by atoms with van der Waals surface area (Å²) in [6.07, 6.45) is 1.88. The molecular weight excluding hydrogens is 399 g/mol. The van der Waals surface area contributed by atoms with E-state index in [-0.39, 0.29) is 24.9 Å². The van der Waals surface area contributed by atoms with E-state index in [9.17, 15) is 18.8 Å². The highest BCUT2D eigenvalue weighted by atomic mass is 35.5. The van der Waals surface area contributed by atoms with Crippen LogP contribution >= 0.6 is 12.4 Å². The van der Waals surface area contributed by atoms with Crippen molar-refractivity contribution < 1.29 is 18.8 Å². The molecular formula is C20H26ClFN4O3. The molecule has 1 unspecified atom stereocenters. The van der Waals surface area contributed by atoms with Crippen LogP contribution in [0.5, 0.6) is 0 Å². The lowest BCUT2D eigenvalue weighted by Crippen LogP contribution is -2.45. The zero-order valence-electron chi connectivity index (χ0n) is 16.3. The lowest BCUT2D eigenvalue weighted by Gasteiger charge is -2.24. The lowest BCUT2D eigenvalue weighted by atomic mass is 9.92. The van der Waals surface area contributed by atoms with Crippen LogP contribution < -0.4 is 10.6 Å². The number of fused-ring (bicyclic) bond motifs is 1. The summed E-state index contributed by atoms with van der Waals surface area (Å²) in [5.74, 6) is 0.0676. The average Bonchev–Trinajstić information content (AvgIpc) is 3.13. The molecule has 1 aromatic rings. The maximum Gasteiger partial charge on any atom is 0.325 e. The van der Waals surface area contributed by atoms with E-state index in [4.69, 9.17) is 0 Å². The Morgan fingerprint density at radius 3 is 2.31 bits per heavy atom. The molecule has 3 fully saturated rings. The van der Waals surface area contributed by atoms with E-state index in [1.165, 1.54) is 24.3 Å². The number of carbonyl (C=O) groups excluding carboxylic acids is 3. The molecule has 0 bridgehead atoms. The Labute approximate surface area is 175 Å². The quantitative estimate of drug-likeness (QED) is 0.720. The summed E-state index contributed by atoms with van der Waals surface area (Å²) in [5.41, 5.74) is -0.815. The molecule has 1 aromatic carbocycles. The van der Waals surface area contributed by atoms with Crippen LogP contribution in [0, 0.1) is 17.7 Å². The summed E-state index contributed by atoms with van der Waals surface area (Å²) in [5, 5.41) is 6.06. The lowest BCUT2D eigenvalue weighted by molar-refractivity contribution is -0.138. The van der Waals surface area contributed by atoms with Gasteiger partial charge in [0.15, 0.2) is 0 Å². The van der Waals surface area contributed by atoms with Gasteiger partial charge in [0.1, 0.15) is 17.9 Å². The van der Waals surface area contributed by atoms with E-state index >= 15 is 0 Å². The van der Waals surface area contributed by atoms with Gasteiger partial charge in [-0.3, -0.25) is 14.5 Å². The summed E-state index contributed by atoms with van der Waals surface area (Å²) in [6.45, 7) is 4.60. The number of benzene rings is 1. The predicted octanol–water partition coefficient (Wildman–Crippen LogP) is 1.47. The van der Waals surface area contributed by atoms with Crippen molar-refractivity contribution in [2.45, 2.75) is 25.3 Å². The van der Waals surface area contributed by atoms with Crippen LogP contribution in [-0.2, 0) is 15.1 Å². The van der Waals surface area contributed by atoms with Crippen molar-refractivity contribution in [1.29, 1.82) is 0 Å². The molecule has 4 rings (SSSR count). The van der Waals surface area contributed by atoms with Gasteiger partial charge in [-0.05, 0) is 62.4 Å². The second-order valence-electron chi connectivity index (χ2n) is 8.09. The highest BCUT2D eigenvalue weighted by molar-refractivity contribution is 6.09. The number of carbonyl (C=O) groups is 3. The maximum atomic E-state index is 13.2. The maximum absolute atomic E-state index is 13.2. The molecule has 7 nitrogen and oxygen atoms in total. The van der Waals surface area contributed by atoms with Gasteiger partial charge in [0.25, 0.3) is 5.91 Å². The number of hydrogen-bond acceptors (Lipinski definition) is 4. The van der Waals surface area contributed by atoms with Crippen molar-refractivity contribution >= 4 is 30.3 Å². The molecule has 3 atom stereocenters. The highest BCUT2D eigenvalue weighted by Crippen LogP contribution is 2.30. The van der Waals surface area contributed by atoms with E-state index in [1.54, 1.807) is 11.8 Å². The van der Waals surface area contributed by atoms with E-state index in [1.807, 2.05) is 0 Å². The molecule has 9 heteroatoms. The first kappa shape index (κ1) is 21.5. The molecule has 0 saturated carbocycles. The Morgan fingerprint density at radius 2 is 1.72 bits per heavy atom. The minimum absolute atomic E-state index is 0. The number of rotatable bonds is 3. The van der Waals surface area contributed by atoms with Gasteiger partial charge in [0.05, 0.1) is 0 Å². The average molecular weight is 425 g/mol. The van der Waals surface area contributed by atoms with Crippen molar-refractivity contribution in [3.63, 3.8) is 0 Å². The summed E-state index contributed by atoms with van der Waals surface area (Å²) in [6, 6.07) is 4.84. The Kier molecular flexibility index (Phi) is 6.14. The van der Waals surface area contributed by atoms with E-state index in [0.717, 1.165) is 30.8 Å². The smallest absolute Gasteiger partial charge is 0.325 e. The van der Waals surface area contributed by atoms with E-state index in [2.05, 4.69) is 10.6 Å². The minimum atomic E-state index is -1.30. The molecule has 0 aromatic heterocycles. The summed E-state index contributed by atoms with van der Waals surface area (Å²) in [4.78, 5) is 40.9. The first-order chi connectivity index (χ1) is 13.4. The minimum Gasteiger partial charge on any atom is -0.341 e. The molecule has 0 spiro atoms.